The van der Waals surface area contributed by atoms with E-state index in [0.29, 0.717) is 12.1 Å². The van der Waals surface area contributed by atoms with Crippen LogP contribution in [0.25, 0.3) is 0 Å². The van der Waals surface area contributed by atoms with E-state index in [2.05, 4.69) is 37.4 Å². The minimum atomic E-state index is 0.399. The molecule has 106 valence electrons. The van der Waals surface area contributed by atoms with E-state index in [1.165, 1.54) is 37.7 Å². The molecule has 1 saturated carbocycles. The Hall–Kier alpha value is -1.02. The second kappa shape index (κ2) is 6.95. The summed E-state index contributed by atoms with van der Waals surface area (Å²) >= 11 is 0. The molecule has 19 heavy (non-hydrogen) atoms. The maximum atomic E-state index is 5.30. The Balaban J connectivity index is 1.94. The van der Waals surface area contributed by atoms with E-state index >= 15 is 0 Å². The van der Waals surface area contributed by atoms with Gasteiger partial charge in [0, 0.05) is 12.1 Å². The predicted octanol–water partition coefficient (Wildman–Crippen LogP) is 4.31. The van der Waals surface area contributed by atoms with Crippen LogP contribution in [0.15, 0.2) is 24.3 Å². The fourth-order valence-electron chi connectivity index (χ4n) is 3.17. The topological polar surface area (TPSA) is 21.3 Å². The Morgan fingerprint density at radius 2 is 2.21 bits per heavy atom. The number of hydrogen-bond acceptors (Lipinski definition) is 2. The SMILES string of the molecule is CCC1CCCC(N[C@@H](C)c2cccc(OC)c2)C1. The molecule has 0 spiro atoms. The molecular formula is C17H27NO. The van der Waals surface area contributed by atoms with E-state index in [-0.39, 0.29) is 0 Å². The molecule has 1 aromatic rings. The van der Waals surface area contributed by atoms with Crippen molar-refractivity contribution < 1.29 is 4.74 Å². The van der Waals surface area contributed by atoms with Crippen LogP contribution < -0.4 is 10.1 Å². The molecule has 1 aromatic carbocycles. The molecular weight excluding hydrogens is 234 g/mol. The minimum Gasteiger partial charge on any atom is -0.497 e. The van der Waals surface area contributed by atoms with Crippen molar-refractivity contribution in [3.05, 3.63) is 29.8 Å². The molecule has 2 rings (SSSR count). The molecule has 0 radical (unpaired) electrons. The van der Waals surface area contributed by atoms with E-state index in [0.717, 1.165) is 11.7 Å². The van der Waals surface area contributed by atoms with Gasteiger partial charge in [0.05, 0.1) is 7.11 Å². The molecule has 0 aromatic heterocycles. The second-order valence-electron chi connectivity index (χ2n) is 5.80. The summed E-state index contributed by atoms with van der Waals surface area (Å²) in [5.74, 6) is 1.87. The summed E-state index contributed by atoms with van der Waals surface area (Å²) in [7, 11) is 1.73. The fourth-order valence-corrected chi connectivity index (χ4v) is 3.17. The van der Waals surface area contributed by atoms with Crippen molar-refractivity contribution in [1.82, 2.24) is 5.32 Å². The molecule has 2 unspecified atom stereocenters. The maximum Gasteiger partial charge on any atom is 0.119 e. The van der Waals surface area contributed by atoms with Gasteiger partial charge in [0.15, 0.2) is 0 Å². The lowest BCUT2D eigenvalue weighted by Crippen LogP contribution is -2.35. The summed E-state index contributed by atoms with van der Waals surface area (Å²) in [6.45, 7) is 4.57. The lowest BCUT2D eigenvalue weighted by atomic mass is 9.84. The molecule has 1 fully saturated rings. The van der Waals surface area contributed by atoms with Crippen molar-refractivity contribution in [2.45, 2.75) is 58.0 Å². The van der Waals surface area contributed by atoms with Gasteiger partial charge in [0.25, 0.3) is 0 Å². The van der Waals surface area contributed by atoms with Crippen LogP contribution in [0.4, 0.5) is 0 Å². The third kappa shape index (κ3) is 3.97. The highest BCUT2D eigenvalue weighted by Crippen LogP contribution is 2.28. The molecule has 3 atom stereocenters. The van der Waals surface area contributed by atoms with Crippen LogP contribution in [-0.2, 0) is 0 Å². The minimum absolute atomic E-state index is 0.399. The van der Waals surface area contributed by atoms with Crippen LogP contribution >= 0.6 is 0 Å². The first-order valence-electron chi connectivity index (χ1n) is 7.63. The van der Waals surface area contributed by atoms with Crippen LogP contribution in [0.1, 0.15) is 57.6 Å². The first-order valence-corrected chi connectivity index (χ1v) is 7.63. The number of methoxy groups -OCH3 is 1. The van der Waals surface area contributed by atoms with E-state index in [9.17, 15) is 0 Å². The van der Waals surface area contributed by atoms with Crippen molar-refractivity contribution in [3.8, 4) is 5.75 Å². The largest absolute Gasteiger partial charge is 0.497 e. The summed E-state index contributed by atoms with van der Waals surface area (Å²) in [5.41, 5.74) is 1.32. The fraction of sp³-hybridized carbons (Fsp3) is 0.647. The lowest BCUT2D eigenvalue weighted by Gasteiger charge is -2.31. The molecule has 0 aliphatic heterocycles. The zero-order valence-electron chi connectivity index (χ0n) is 12.5. The van der Waals surface area contributed by atoms with Crippen molar-refractivity contribution in [2.75, 3.05) is 7.11 Å². The third-order valence-corrected chi connectivity index (χ3v) is 4.44. The summed E-state index contributed by atoms with van der Waals surface area (Å²) in [5, 5.41) is 3.80. The van der Waals surface area contributed by atoms with Gasteiger partial charge < -0.3 is 10.1 Å². The number of hydrogen-bond donors (Lipinski definition) is 1. The molecule has 0 bridgehead atoms. The summed E-state index contributed by atoms with van der Waals surface area (Å²) < 4.78 is 5.30. The van der Waals surface area contributed by atoms with Crippen LogP contribution in [0.2, 0.25) is 0 Å². The number of benzene rings is 1. The standard InChI is InChI=1S/C17H27NO/c1-4-14-7-5-9-16(11-14)18-13(2)15-8-6-10-17(12-15)19-3/h6,8,10,12-14,16,18H,4-5,7,9,11H2,1-3H3/t13-,14?,16?/m0/s1. The average Bonchev–Trinajstić information content (AvgIpc) is 2.47. The van der Waals surface area contributed by atoms with Gasteiger partial charge >= 0.3 is 0 Å². The Kier molecular flexibility index (Phi) is 5.26. The molecule has 0 amide bonds. The third-order valence-electron chi connectivity index (χ3n) is 4.44. The molecule has 2 nitrogen and oxygen atoms in total. The van der Waals surface area contributed by atoms with Crippen molar-refractivity contribution in [1.29, 1.82) is 0 Å². The summed E-state index contributed by atoms with van der Waals surface area (Å²) in [4.78, 5) is 0. The second-order valence-corrected chi connectivity index (χ2v) is 5.80. The molecule has 1 aliphatic rings. The zero-order valence-corrected chi connectivity index (χ0v) is 12.5. The van der Waals surface area contributed by atoms with Crippen molar-refractivity contribution in [2.24, 2.45) is 5.92 Å². The van der Waals surface area contributed by atoms with Gasteiger partial charge in [-0.3, -0.25) is 0 Å². The van der Waals surface area contributed by atoms with E-state index in [1.54, 1.807) is 7.11 Å². The number of rotatable bonds is 5. The highest BCUT2D eigenvalue weighted by atomic mass is 16.5. The smallest absolute Gasteiger partial charge is 0.119 e. The Bertz CT molecular complexity index is 391. The summed E-state index contributed by atoms with van der Waals surface area (Å²) in [6, 6.07) is 9.47. The number of nitrogens with one attached hydrogen (secondary N) is 1. The zero-order chi connectivity index (χ0) is 13.7. The monoisotopic (exact) mass is 261 g/mol. The average molecular weight is 261 g/mol. The van der Waals surface area contributed by atoms with Gasteiger partial charge in [-0.05, 0) is 43.4 Å². The first kappa shape index (κ1) is 14.4. The van der Waals surface area contributed by atoms with Crippen molar-refractivity contribution >= 4 is 0 Å². The Morgan fingerprint density at radius 3 is 2.95 bits per heavy atom. The first-order chi connectivity index (χ1) is 9.22. The molecule has 2 heteroatoms. The van der Waals surface area contributed by atoms with Crippen LogP contribution in [0.3, 0.4) is 0 Å². The quantitative estimate of drug-likeness (QED) is 0.852. The number of ether oxygens (including phenoxy) is 1. The Labute approximate surface area is 117 Å². The van der Waals surface area contributed by atoms with Gasteiger partial charge in [-0.15, -0.1) is 0 Å². The normalized spacial score (nSPS) is 25.0. The lowest BCUT2D eigenvalue weighted by molar-refractivity contribution is 0.266. The van der Waals surface area contributed by atoms with Crippen molar-refractivity contribution in [3.63, 3.8) is 0 Å². The summed E-state index contributed by atoms with van der Waals surface area (Å²) in [6.07, 6.45) is 6.78. The van der Waals surface area contributed by atoms with Crippen LogP contribution in [0.5, 0.6) is 5.75 Å². The van der Waals surface area contributed by atoms with Gasteiger partial charge in [0.1, 0.15) is 5.75 Å². The van der Waals surface area contributed by atoms with E-state index in [1.807, 2.05) is 6.07 Å². The highest BCUT2D eigenvalue weighted by molar-refractivity contribution is 5.30. The molecule has 1 N–H and O–H groups in total. The van der Waals surface area contributed by atoms with Gasteiger partial charge in [-0.1, -0.05) is 38.3 Å². The van der Waals surface area contributed by atoms with Gasteiger partial charge in [0.2, 0.25) is 0 Å². The highest BCUT2D eigenvalue weighted by Gasteiger charge is 2.22. The molecule has 0 saturated heterocycles. The molecule has 0 heterocycles. The van der Waals surface area contributed by atoms with Gasteiger partial charge in [-0.25, -0.2) is 0 Å². The van der Waals surface area contributed by atoms with Gasteiger partial charge in [-0.2, -0.15) is 0 Å². The van der Waals surface area contributed by atoms with Crippen LogP contribution in [0, 0.1) is 5.92 Å². The Morgan fingerprint density at radius 1 is 1.37 bits per heavy atom. The molecule has 1 aliphatic carbocycles. The maximum absolute atomic E-state index is 5.30. The van der Waals surface area contributed by atoms with Crippen LogP contribution in [-0.4, -0.2) is 13.2 Å². The van der Waals surface area contributed by atoms with E-state index < -0.39 is 0 Å². The van der Waals surface area contributed by atoms with E-state index in [4.69, 9.17) is 4.74 Å². The predicted molar refractivity (Wildman–Crippen MR) is 80.6 cm³/mol.